The lowest BCUT2D eigenvalue weighted by molar-refractivity contribution is -0.141. The molecule has 104 valence electrons. The second kappa shape index (κ2) is 6.41. The van der Waals surface area contributed by atoms with Gasteiger partial charge >= 0.3 is 6.18 Å². The molecular formula is C10H10F3N3O2S. The summed E-state index contributed by atoms with van der Waals surface area (Å²) in [4.78, 5) is 27.6. The number of halogens is 3. The predicted molar refractivity (Wildman–Crippen MR) is 63.8 cm³/mol. The Labute approximate surface area is 110 Å². The van der Waals surface area contributed by atoms with Crippen molar-refractivity contribution in [2.45, 2.75) is 11.3 Å². The molecule has 0 unspecified atom stereocenters. The van der Waals surface area contributed by atoms with Crippen LogP contribution in [0.1, 0.15) is 5.69 Å². The third kappa shape index (κ3) is 5.16. The Bertz CT molecular complexity index is 527. The van der Waals surface area contributed by atoms with Crippen LogP contribution in [0.2, 0.25) is 0 Å². The molecule has 0 aliphatic heterocycles. The lowest BCUT2D eigenvalue weighted by atomic mass is 10.4. The maximum absolute atomic E-state index is 12.4. The first-order chi connectivity index (χ1) is 8.82. The normalized spacial score (nSPS) is 11.1. The average molecular weight is 293 g/mol. The smallest absolute Gasteiger partial charge is 0.352 e. The van der Waals surface area contributed by atoms with Crippen molar-refractivity contribution in [2.75, 3.05) is 12.3 Å². The number of aromatic nitrogens is 2. The number of thioether (sulfide) groups is 1. The number of nitrogens with one attached hydrogen (secondary N) is 2. The molecule has 1 heterocycles. The maximum atomic E-state index is 12.4. The van der Waals surface area contributed by atoms with Crippen LogP contribution in [0.15, 0.2) is 28.7 Å². The van der Waals surface area contributed by atoms with Crippen LogP contribution in [0.5, 0.6) is 0 Å². The number of alkyl halides is 3. The van der Waals surface area contributed by atoms with Crippen molar-refractivity contribution in [1.29, 1.82) is 0 Å². The Morgan fingerprint density at radius 2 is 2.26 bits per heavy atom. The van der Waals surface area contributed by atoms with E-state index in [0.29, 0.717) is 17.8 Å². The van der Waals surface area contributed by atoms with E-state index in [1.54, 1.807) is 0 Å². The van der Waals surface area contributed by atoms with Crippen molar-refractivity contribution in [3.05, 3.63) is 34.8 Å². The van der Waals surface area contributed by atoms with E-state index >= 15 is 0 Å². The molecule has 1 aromatic rings. The Morgan fingerprint density at radius 1 is 1.58 bits per heavy atom. The molecule has 0 radical (unpaired) electrons. The number of aromatic amines is 1. The van der Waals surface area contributed by atoms with Gasteiger partial charge in [0, 0.05) is 12.6 Å². The summed E-state index contributed by atoms with van der Waals surface area (Å²) in [6, 6.07) is 0.363. The third-order valence-electron chi connectivity index (χ3n) is 1.79. The number of amides is 1. The minimum absolute atomic E-state index is 0.155. The van der Waals surface area contributed by atoms with Gasteiger partial charge in [-0.3, -0.25) is 9.59 Å². The number of hydrogen-bond donors (Lipinski definition) is 2. The van der Waals surface area contributed by atoms with Gasteiger partial charge in [-0.2, -0.15) is 13.2 Å². The molecule has 0 spiro atoms. The van der Waals surface area contributed by atoms with Crippen LogP contribution < -0.4 is 10.9 Å². The number of nitrogens with zero attached hydrogens (tertiary/aromatic N) is 1. The van der Waals surface area contributed by atoms with Gasteiger partial charge in [0.05, 0.1) is 5.75 Å². The molecule has 0 aliphatic carbocycles. The fraction of sp³-hybridized carbons (Fsp3) is 0.300. The minimum Gasteiger partial charge on any atom is -0.352 e. The molecule has 1 aromatic heterocycles. The van der Waals surface area contributed by atoms with Gasteiger partial charge in [0.2, 0.25) is 5.91 Å². The highest BCUT2D eigenvalue weighted by molar-refractivity contribution is 7.99. The van der Waals surface area contributed by atoms with Gasteiger partial charge in [-0.05, 0) is 0 Å². The van der Waals surface area contributed by atoms with Crippen molar-refractivity contribution in [1.82, 2.24) is 15.3 Å². The van der Waals surface area contributed by atoms with Crippen LogP contribution in [-0.4, -0.2) is 28.2 Å². The van der Waals surface area contributed by atoms with Crippen molar-refractivity contribution in [3.63, 3.8) is 0 Å². The van der Waals surface area contributed by atoms with E-state index in [0.717, 1.165) is 0 Å². The lowest BCUT2D eigenvalue weighted by Gasteiger charge is -2.06. The van der Waals surface area contributed by atoms with E-state index in [9.17, 15) is 22.8 Å². The molecule has 9 heteroatoms. The zero-order chi connectivity index (χ0) is 14.5. The quantitative estimate of drug-likeness (QED) is 0.486. The highest BCUT2D eigenvalue weighted by Gasteiger charge is 2.33. The fourth-order valence-electron chi connectivity index (χ4n) is 1.02. The molecule has 5 nitrogen and oxygen atoms in total. The Morgan fingerprint density at radius 3 is 2.84 bits per heavy atom. The van der Waals surface area contributed by atoms with E-state index in [-0.39, 0.29) is 17.5 Å². The van der Waals surface area contributed by atoms with Gasteiger partial charge in [0.1, 0.15) is 0 Å². The van der Waals surface area contributed by atoms with Crippen LogP contribution in [0, 0.1) is 0 Å². The lowest BCUT2D eigenvalue weighted by Crippen LogP contribution is -2.25. The molecule has 0 fully saturated rings. The molecule has 0 aliphatic rings. The van der Waals surface area contributed by atoms with Gasteiger partial charge in [-0.15, -0.1) is 6.58 Å². The van der Waals surface area contributed by atoms with Crippen LogP contribution in [0.25, 0.3) is 0 Å². The topological polar surface area (TPSA) is 74.8 Å². The third-order valence-corrected chi connectivity index (χ3v) is 2.67. The van der Waals surface area contributed by atoms with Crippen molar-refractivity contribution in [2.24, 2.45) is 0 Å². The van der Waals surface area contributed by atoms with E-state index < -0.39 is 23.3 Å². The Kier molecular flexibility index (Phi) is 5.16. The van der Waals surface area contributed by atoms with Gasteiger partial charge in [0.25, 0.3) is 5.56 Å². The largest absolute Gasteiger partial charge is 0.433 e. The molecular weight excluding hydrogens is 283 g/mol. The fourth-order valence-corrected chi connectivity index (χ4v) is 1.73. The molecule has 0 bridgehead atoms. The summed E-state index contributed by atoms with van der Waals surface area (Å²) < 4.78 is 37.2. The first-order valence-electron chi connectivity index (χ1n) is 5.02. The zero-order valence-electron chi connectivity index (χ0n) is 9.58. The van der Waals surface area contributed by atoms with Gasteiger partial charge < -0.3 is 10.3 Å². The van der Waals surface area contributed by atoms with Crippen LogP contribution in [-0.2, 0) is 11.0 Å². The molecule has 0 atom stereocenters. The molecule has 2 N–H and O–H groups in total. The number of H-pyrrole nitrogens is 1. The summed E-state index contributed by atoms with van der Waals surface area (Å²) in [6.07, 6.45) is -3.23. The highest BCUT2D eigenvalue weighted by Crippen LogP contribution is 2.27. The van der Waals surface area contributed by atoms with Crippen molar-refractivity contribution in [3.8, 4) is 0 Å². The summed E-state index contributed by atoms with van der Waals surface area (Å²) in [5.41, 5.74) is -2.21. The SMILES string of the molecule is C=CCNC(=O)CSc1nc(C(F)(F)F)cc(=O)[nH]1. The molecule has 0 aromatic carbocycles. The average Bonchev–Trinajstić information content (AvgIpc) is 2.32. The molecule has 0 saturated carbocycles. The monoisotopic (exact) mass is 293 g/mol. The van der Waals surface area contributed by atoms with E-state index in [1.807, 2.05) is 0 Å². The van der Waals surface area contributed by atoms with Crippen molar-refractivity contribution >= 4 is 17.7 Å². The van der Waals surface area contributed by atoms with Gasteiger partial charge in [-0.25, -0.2) is 4.98 Å². The molecule has 19 heavy (non-hydrogen) atoms. The molecule has 1 amide bonds. The highest BCUT2D eigenvalue weighted by atomic mass is 32.2. The maximum Gasteiger partial charge on any atom is 0.433 e. The Hall–Kier alpha value is -1.77. The minimum atomic E-state index is -4.70. The summed E-state index contributed by atoms with van der Waals surface area (Å²) in [5, 5.41) is 2.19. The van der Waals surface area contributed by atoms with Crippen LogP contribution in [0.4, 0.5) is 13.2 Å². The summed E-state index contributed by atoms with van der Waals surface area (Å²) in [5.74, 6) is -0.553. The number of rotatable bonds is 5. The van der Waals surface area contributed by atoms with Gasteiger partial charge in [-0.1, -0.05) is 17.8 Å². The summed E-state index contributed by atoms with van der Waals surface area (Å²) in [6.45, 7) is 3.65. The van der Waals surface area contributed by atoms with Crippen LogP contribution in [0.3, 0.4) is 0 Å². The first-order valence-corrected chi connectivity index (χ1v) is 6.00. The van der Waals surface area contributed by atoms with E-state index in [1.165, 1.54) is 6.08 Å². The molecule has 0 saturated heterocycles. The van der Waals surface area contributed by atoms with E-state index in [4.69, 9.17) is 0 Å². The summed E-state index contributed by atoms with van der Waals surface area (Å²) >= 11 is 0.710. The first kappa shape index (κ1) is 15.3. The number of carbonyl (C=O) groups excluding carboxylic acids is 1. The second-order valence-corrected chi connectivity index (χ2v) is 4.28. The number of carbonyl (C=O) groups is 1. The number of hydrogen-bond acceptors (Lipinski definition) is 4. The predicted octanol–water partition coefficient (Wildman–Crippen LogP) is 1.18. The van der Waals surface area contributed by atoms with E-state index in [2.05, 4.69) is 21.9 Å². The second-order valence-electron chi connectivity index (χ2n) is 3.31. The standard InChI is InChI=1S/C10H10F3N3O2S/c1-2-3-14-8(18)5-19-9-15-6(10(11,12)13)4-7(17)16-9/h2,4H,1,3,5H2,(H,14,18)(H,15,16,17). The summed E-state index contributed by atoms with van der Waals surface area (Å²) in [7, 11) is 0. The van der Waals surface area contributed by atoms with Crippen molar-refractivity contribution < 1.29 is 18.0 Å². The zero-order valence-corrected chi connectivity index (χ0v) is 10.4. The Balaban J connectivity index is 2.74. The van der Waals surface area contributed by atoms with Gasteiger partial charge in [0.15, 0.2) is 10.9 Å². The van der Waals surface area contributed by atoms with Crippen LogP contribution >= 0.6 is 11.8 Å². The molecule has 1 rings (SSSR count).